The Labute approximate surface area is 120 Å². The number of ether oxygens (including phenoxy) is 1. The molecule has 4 heteroatoms. The lowest BCUT2D eigenvalue weighted by molar-refractivity contribution is 0.139. The highest BCUT2D eigenvalue weighted by molar-refractivity contribution is 5.67. The number of amides is 1. The average molecular weight is 274 g/mol. The molecule has 0 aliphatic carbocycles. The Morgan fingerprint density at radius 1 is 1.30 bits per heavy atom. The summed E-state index contributed by atoms with van der Waals surface area (Å²) in [6.07, 6.45) is 0.546. The number of rotatable bonds is 7. The lowest BCUT2D eigenvalue weighted by Crippen LogP contribution is -2.36. The van der Waals surface area contributed by atoms with Crippen LogP contribution in [-0.2, 0) is 11.3 Å². The van der Waals surface area contributed by atoms with Gasteiger partial charge in [-0.15, -0.1) is 5.92 Å². The first-order chi connectivity index (χ1) is 9.76. The highest BCUT2D eigenvalue weighted by Crippen LogP contribution is 2.00. The summed E-state index contributed by atoms with van der Waals surface area (Å²) in [5, 5.41) is 5.96. The van der Waals surface area contributed by atoms with Crippen molar-refractivity contribution in [3.63, 3.8) is 0 Å². The van der Waals surface area contributed by atoms with Crippen LogP contribution in [0.25, 0.3) is 0 Å². The average Bonchev–Trinajstić information content (AvgIpc) is 2.49. The zero-order chi connectivity index (χ0) is 14.6. The molecule has 1 rings (SSSR count). The third kappa shape index (κ3) is 6.81. The maximum absolute atomic E-state index is 11.5. The van der Waals surface area contributed by atoms with E-state index in [9.17, 15) is 4.79 Å². The van der Waals surface area contributed by atoms with Gasteiger partial charge in [-0.2, -0.15) is 0 Å². The van der Waals surface area contributed by atoms with Crippen LogP contribution in [0.2, 0.25) is 0 Å². The first kappa shape index (κ1) is 16.1. The Balaban J connectivity index is 2.12. The van der Waals surface area contributed by atoms with Gasteiger partial charge in [0.2, 0.25) is 0 Å². The predicted octanol–water partition coefficient (Wildman–Crippen LogP) is 2.30. The van der Waals surface area contributed by atoms with Gasteiger partial charge in [0.05, 0.1) is 6.04 Å². The normalized spacial score (nSPS) is 11.1. The largest absolute Gasteiger partial charge is 0.445 e. The summed E-state index contributed by atoms with van der Waals surface area (Å²) in [5.74, 6) is 5.94. The molecule has 1 aromatic carbocycles. The minimum atomic E-state index is -0.398. The first-order valence-corrected chi connectivity index (χ1v) is 6.86. The molecule has 0 spiro atoms. The van der Waals surface area contributed by atoms with Gasteiger partial charge in [0.25, 0.3) is 0 Å². The molecule has 0 heterocycles. The number of carbonyl (C=O) groups is 1. The Morgan fingerprint density at radius 3 is 2.70 bits per heavy atom. The van der Waals surface area contributed by atoms with E-state index >= 15 is 0 Å². The van der Waals surface area contributed by atoms with Crippen molar-refractivity contribution in [3.8, 4) is 11.8 Å². The van der Waals surface area contributed by atoms with Gasteiger partial charge in [-0.3, -0.25) is 0 Å². The van der Waals surface area contributed by atoms with Crippen LogP contribution in [-0.4, -0.2) is 25.2 Å². The first-order valence-electron chi connectivity index (χ1n) is 6.86. The van der Waals surface area contributed by atoms with Crippen molar-refractivity contribution in [2.45, 2.75) is 32.9 Å². The summed E-state index contributed by atoms with van der Waals surface area (Å²) in [5.41, 5.74) is 0.977. The second-order valence-electron chi connectivity index (χ2n) is 4.30. The van der Waals surface area contributed by atoms with Crippen LogP contribution >= 0.6 is 0 Å². The van der Waals surface area contributed by atoms with E-state index in [4.69, 9.17) is 4.74 Å². The van der Waals surface area contributed by atoms with Crippen molar-refractivity contribution < 1.29 is 9.53 Å². The van der Waals surface area contributed by atoms with Crippen LogP contribution in [0.1, 0.15) is 25.8 Å². The van der Waals surface area contributed by atoms with E-state index in [1.54, 1.807) is 0 Å². The van der Waals surface area contributed by atoms with Crippen molar-refractivity contribution in [3.05, 3.63) is 35.9 Å². The minimum Gasteiger partial charge on any atom is -0.445 e. The summed E-state index contributed by atoms with van der Waals surface area (Å²) < 4.78 is 5.10. The van der Waals surface area contributed by atoms with E-state index < -0.39 is 6.09 Å². The summed E-state index contributed by atoms with van der Waals surface area (Å²) in [6, 6.07) is 9.79. The molecule has 0 radical (unpaired) electrons. The van der Waals surface area contributed by atoms with Gasteiger partial charge < -0.3 is 15.4 Å². The third-order valence-electron chi connectivity index (χ3n) is 2.72. The Morgan fingerprint density at radius 2 is 2.05 bits per heavy atom. The van der Waals surface area contributed by atoms with E-state index in [1.807, 2.05) is 37.3 Å². The molecule has 0 bridgehead atoms. The van der Waals surface area contributed by atoms with E-state index in [0.29, 0.717) is 19.7 Å². The summed E-state index contributed by atoms with van der Waals surface area (Å²) in [6.45, 7) is 5.38. The monoisotopic (exact) mass is 274 g/mol. The van der Waals surface area contributed by atoms with Crippen molar-refractivity contribution in [1.29, 1.82) is 0 Å². The fourth-order valence-electron chi connectivity index (χ4n) is 1.66. The van der Waals surface area contributed by atoms with Crippen LogP contribution in [0.15, 0.2) is 30.3 Å². The fraction of sp³-hybridized carbons (Fsp3) is 0.438. The van der Waals surface area contributed by atoms with Crippen LogP contribution in [0.5, 0.6) is 0 Å². The number of alkyl carbamates (subject to hydrolysis) is 1. The van der Waals surface area contributed by atoms with Gasteiger partial charge in [0, 0.05) is 13.1 Å². The standard InChI is InChI=1S/C16H22N2O2/c1-3-8-15(4-2)17-11-12-18-16(19)20-13-14-9-6-5-7-10-14/h5-7,9-10,15,17H,4,11-13H2,1-2H3,(H,18,19)/t15-/m1/s1. The Bertz CT molecular complexity index is 449. The molecule has 108 valence electrons. The quantitative estimate of drug-likeness (QED) is 0.592. The lowest BCUT2D eigenvalue weighted by Gasteiger charge is -2.11. The van der Waals surface area contributed by atoms with Crippen molar-refractivity contribution in [2.75, 3.05) is 13.1 Å². The molecular formula is C16H22N2O2. The summed E-state index contributed by atoms with van der Waals surface area (Å²) >= 11 is 0. The highest BCUT2D eigenvalue weighted by atomic mass is 16.5. The van der Waals surface area contributed by atoms with E-state index in [2.05, 4.69) is 29.4 Å². The molecule has 20 heavy (non-hydrogen) atoms. The smallest absolute Gasteiger partial charge is 0.407 e. The van der Waals surface area contributed by atoms with Gasteiger partial charge in [0.15, 0.2) is 0 Å². The zero-order valence-corrected chi connectivity index (χ0v) is 12.1. The molecule has 1 aromatic rings. The molecule has 0 fully saturated rings. The van der Waals surface area contributed by atoms with Gasteiger partial charge >= 0.3 is 6.09 Å². The van der Waals surface area contributed by atoms with E-state index in [1.165, 1.54) is 0 Å². The highest BCUT2D eigenvalue weighted by Gasteiger charge is 2.03. The molecule has 1 amide bonds. The Kier molecular flexibility index (Phi) is 7.93. The molecule has 0 saturated heterocycles. The molecule has 0 aromatic heterocycles. The molecule has 4 nitrogen and oxygen atoms in total. The number of carbonyl (C=O) groups excluding carboxylic acids is 1. The zero-order valence-electron chi connectivity index (χ0n) is 12.1. The van der Waals surface area contributed by atoms with Gasteiger partial charge in [-0.25, -0.2) is 4.79 Å². The second kappa shape index (κ2) is 9.88. The van der Waals surface area contributed by atoms with Crippen molar-refractivity contribution >= 4 is 6.09 Å². The number of nitrogens with one attached hydrogen (secondary N) is 2. The summed E-state index contributed by atoms with van der Waals surface area (Å²) in [7, 11) is 0. The molecule has 1 atom stereocenters. The predicted molar refractivity (Wildman–Crippen MR) is 80.2 cm³/mol. The molecule has 0 aliphatic heterocycles. The van der Waals surface area contributed by atoms with Crippen LogP contribution < -0.4 is 10.6 Å². The van der Waals surface area contributed by atoms with Crippen molar-refractivity contribution in [2.24, 2.45) is 0 Å². The Hall–Kier alpha value is -1.99. The lowest BCUT2D eigenvalue weighted by atomic mass is 10.2. The van der Waals surface area contributed by atoms with E-state index in [0.717, 1.165) is 12.0 Å². The van der Waals surface area contributed by atoms with Crippen LogP contribution in [0, 0.1) is 11.8 Å². The second-order valence-corrected chi connectivity index (χ2v) is 4.30. The van der Waals surface area contributed by atoms with Crippen molar-refractivity contribution in [1.82, 2.24) is 10.6 Å². The number of hydrogen-bond acceptors (Lipinski definition) is 3. The SMILES string of the molecule is CC#C[C@@H](CC)NCCNC(=O)OCc1ccccc1. The molecule has 0 aliphatic rings. The molecule has 0 saturated carbocycles. The molecular weight excluding hydrogens is 252 g/mol. The number of benzene rings is 1. The number of hydrogen-bond donors (Lipinski definition) is 2. The van der Waals surface area contributed by atoms with E-state index in [-0.39, 0.29) is 6.04 Å². The summed E-state index contributed by atoms with van der Waals surface area (Å²) in [4.78, 5) is 11.5. The fourth-order valence-corrected chi connectivity index (χ4v) is 1.66. The van der Waals surface area contributed by atoms with Crippen LogP contribution in [0.4, 0.5) is 4.79 Å². The maximum atomic E-state index is 11.5. The van der Waals surface area contributed by atoms with Gasteiger partial charge in [0.1, 0.15) is 6.61 Å². The van der Waals surface area contributed by atoms with Gasteiger partial charge in [-0.1, -0.05) is 43.2 Å². The molecule has 2 N–H and O–H groups in total. The topological polar surface area (TPSA) is 50.4 Å². The van der Waals surface area contributed by atoms with Crippen LogP contribution in [0.3, 0.4) is 0 Å². The minimum absolute atomic E-state index is 0.183. The maximum Gasteiger partial charge on any atom is 0.407 e. The third-order valence-corrected chi connectivity index (χ3v) is 2.72. The van der Waals surface area contributed by atoms with Gasteiger partial charge in [-0.05, 0) is 18.9 Å². The molecule has 0 unspecified atom stereocenters.